The molecule has 7 heteroatoms. The Morgan fingerprint density at radius 1 is 1.11 bits per heavy atom. The van der Waals surface area contributed by atoms with Crippen LogP contribution in [0.4, 0.5) is 0 Å². The third-order valence-corrected chi connectivity index (χ3v) is 6.73. The molecule has 28 heavy (non-hydrogen) atoms. The second-order valence-corrected chi connectivity index (χ2v) is 9.25. The molecule has 0 atom stereocenters. The van der Waals surface area contributed by atoms with Gasteiger partial charge in [0, 0.05) is 25.2 Å². The summed E-state index contributed by atoms with van der Waals surface area (Å²) in [6.45, 7) is 4.73. The number of rotatable bonds is 6. The third kappa shape index (κ3) is 4.72. The van der Waals surface area contributed by atoms with Crippen molar-refractivity contribution in [2.24, 2.45) is 0 Å². The molecule has 1 amide bonds. The van der Waals surface area contributed by atoms with Crippen LogP contribution in [0.1, 0.15) is 32.6 Å². The minimum absolute atomic E-state index is 0.0835. The monoisotopic (exact) mass is 402 g/mol. The molecular formula is C21H26N2O4S. The zero-order valence-corrected chi connectivity index (χ0v) is 17.3. The van der Waals surface area contributed by atoms with Gasteiger partial charge in [-0.1, -0.05) is 23.3 Å². The van der Waals surface area contributed by atoms with Crippen molar-refractivity contribution in [2.45, 2.75) is 26.8 Å². The number of nitrogens with one attached hydrogen (secondary N) is 1. The summed E-state index contributed by atoms with van der Waals surface area (Å²) in [7, 11) is -1.83. The van der Waals surface area contributed by atoms with Crippen molar-refractivity contribution in [1.82, 2.24) is 9.62 Å². The Balaban J connectivity index is 1.59. The first-order valence-electron chi connectivity index (χ1n) is 9.28. The van der Waals surface area contributed by atoms with Gasteiger partial charge >= 0.3 is 0 Å². The SMILES string of the molecule is COc1ccc2c(c1)CCN(S(=O)(=O)CCNC(=O)c1cc(C)cc(C)c1)C2. The second-order valence-electron chi connectivity index (χ2n) is 7.17. The lowest BCUT2D eigenvalue weighted by Gasteiger charge is -2.28. The number of aryl methyl sites for hydroxylation is 2. The number of hydrogen-bond acceptors (Lipinski definition) is 4. The molecule has 0 aliphatic carbocycles. The molecule has 0 bridgehead atoms. The summed E-state index contributed by atoms with van der Waals surface area (Å²) in [5.41, 5.74) is 4.67. The standard InChI is InChI=1S/C21H26N2O4S/c1-15-10-16(2)12-19(11-15)21(24)22-7-9-28(25,26)23-8-6-17-13-20(27-3)5-4-18(17)14-23/h4-5,10-13H,6-9,14H2,1-3H3,(H,22,24). The maximum Gasteiger partial charge on any atom is 0.251 e. The van der Waals surface area contributed by atoms with E-state index < -0.39 is 10.0 Å². The zero-order valence-electron chi connectivity index (χ0n) is 16.5. The van der Waals surface area contributed by atoms with Crippen molar-refractivity contribution < 1.29 is 17.9 Å². The Labute approximate surface area is 166 Å². The number of methoxy groups -OCH3 is 1. The van der Waals surface area contributed by atoms with E-state index in [9.17, 15) is 13.2 Å². The number of carbonyl (C=O) groups is 1. The van der Waals surface area contributed by atoms with Crippen LogP contribution in [-0.4, -0.2) is 44.6 Å². The molecule has 3 rings (SSSR count). The highest BCUT2D eigenvalue weighted by molar-refractivity contribution is 7.89. The predicted octanol–water partition coefficient (Wildman–Crippen LogP) is 2.43. The Bertz CT molecular complexity index is 966. The summed E-state index contributed by atoms with van der Waals surface area (Å²) < 4.78 is 32.1. The number of ether oxygens (including phenoxy) is 1. The number of carbonyl (C=O) groups excluding carboxylic acids is 1. The first-order chi connectivity index (χ1) is 13.3. The van der Waals surface area contributed by atoms with Crippen molar-refractivity contribution in [2.75, 3.05) is 26.0 Å². The van der Waals surface area contributed by atoms with E-state index in [1.54, 1.807) is 19.2 Å². The van der Waals surface area contributed by atoms with Crippen LogP contribution in [0.2, 0.25) is 0 Å². The molecule has 1 heterocycles. The summed E-state index contributed by atoms with van der Waals surface area (Å²) >= 11 is 0. The number of sulfonamides is 1. The largest absolute Gasteiger partial charge is 0.497 e. The molecule has 0 unspecified atom stereocenters. The van der Waals surface area contributed by atoms with Crippen LogP contribution in [0.25, 0.3) is 0 Å². The van der Waals surface area contributed by atoms with Crippen molar-refractivity contribution in [3.63, 3.8) is 0 Å². The Morgan fingerprint density at radius 3 is 2.50 bits per heavy atom. The Morgan fingerprint density at radius 2 is 1.82 bits per heavy atom. The normalized spacial score (nSPS) is 14.4. The summed E-state index contributed by atoms with van der Waals surface area (Å²) in [5, 5.41) is 2.72. The first-order valence-corrected chi connectivity index (χ1v) is 10.9. The van der Waals surface area contributed by atoms with Gasteiger partial charge < -0.3 is 10.1 Å². The Hall–Kier alpha value is -2.38. The van der Waals surface area contributed by atoms with Crippen LogP contribution < -0.4 is 10.1 Å². The molecule has 0 saturated heterocycles. The van der Waals surface area contributed by atoms with Crippen molar-refractivity contribution >= 4 is 15.9 Å². The zero-order chi connectivity index (χ0) is 20.3. The highest BCUT2D eigenvalue weighted by Gasteiger charge is 2.26. The van der Waals surface area contributed by atoms with Gasteiger partial charge in [-0.2, -0.15) is 4.31 Å². The van der Waals surface area contributed by atoms with Gasteiger partial charge in [0.05, 0.1) is 12.9 Å². The molecule has 0 radical (unpaired) electrons. The van der Waals surface area contributed by atoms with Gasteiger partial charge in [0.1, 0.15) is 5.75 Å². The lowest BCUT2D eigenvalue weighted by molar-refractivity contribution is 0.0956. The van der Waals surface area contributed by atoms with Gasteiger partial charge in [-0.25, -0.2) is 8.42 Å². The second kappa shape index (κ2) is 8.32. The number of benzene rings is 2. The van der Waals surface area contributed by atoms with Gasteiger partial charge in [-0.05, 0) is 55.7 Å². The maximum absolute atomic E-state index is 12.7. The average molecular weight is 403 g/mol. The third-order valence-electron chi connectivity index (χ3n) is 4.91. The molecule has 0 saturated carbocycles. The minimum Gasteiger partial charge on any atom is -0.497 e. The van der Waals surface area contributed by atoms with E-state index in [1.807, 2.05) is 38.1 Å². The van der Waals surface area contributed by atoms with Gasteiger partial charge in [0.25, 0.3) is 5.91 Å². The average Bonchev–Trinajstić information content (AvgIpc) is 2.66. The highest BCUT2D eigenvalue weighted by Crippen LogP contribution is 2.25. The number of hydrogen-bond donors (Lipinski definition) is 1. The van der Waals surface area contributed by atoms with Crippen LogP contribution in [0.5, 0.6) is 5.75 Å². The lowest BCUT2D eigenvalue weighted by atomic mass is 10.0. The smallest absolute Gasteiger partial charge is 0.251 e. The van der Waals surface area contributed by atoms with E-state index in [0.717, 1.165) is 28.0 Å². The summed E-state index contributed by atoms with van der Waals surface area (Å²) in [5.74, 6) is 0.414. The van der Waals surface area contributed by atoms with Crippen LogP contribution in [0.3, 0.4) is 0 Å². The van der Waals surface area contributed by atoms with Crippen LogP contribution in [0.15, 0.2) is 36.4 Å². The molecule has 1 aliphatic rings. The van der Waals surface area contributed by atoms with Crippen molar-refractivity contribution in [3.8, 4) is 5.75 Å². The molecule has 0 fully saturated rings. The molecule has 6 nitrogen and oxygen atoms in total. The van der Waals surface area contributed by atoms with E-state index in [1.165, 1.54) is 4.31 Å². The molecule has 1 aliphatic heterocycles. The summed E-state index contributed by atoms with van der Waals surface area (Å²) in [6.07, 6.45) is 0.653. The molecule has 2 aromatic carbocycles. The van der Waals surface area contributed by atoms with Gasteiger partial charge in [-0.15, -0.1) is 0 Å². The fourth-order valence-electron chi connectivity index (χ4n) is 3.50. The van der Waals surface area contributed by atoms with Crippen LogP contribution in [-0.2, 0) is 23.0 Å². The van der Waals surface area contributed by atoms with E-state index >= 15 is 0 Å². The number of nitrogens with zero attached hydrogens (tertiary/aromatic N) is 1. The van der Waals surface area contributed by atoms with E-state index in [-0.39, 0.29) is 18.2 Å². The van der Waals surface area contributed by atoms with E-state index in [0.29, 0.717) is 25.1 Å². The van der Waals surface area contributed by atoms with Crippen molar-refractivity contribution in [1.29, 1.82) is 0 Å². The molecule has 0 aromatic heterocycles. The molecule has 150 valence electrons. The molecular weight excluding hydrogens is 376 g/mol. The number of fused-ring (bicyclic) bond motifs is 1. The quantitative estimate of drug-likeness (QED) is 0.805. The molecule has 1 N–H and O–H groups in total. The maximum atomic E-state index is 12.7. The Kier molecular flexibility index (Phi) is 6.05. The molecule has 0 spiro atoms. The van der Waals surface area contributed by atoms with Crippen LogP contribution >= 0.6 is 0 Å². The lowest BCUT2D eigenvalue weighted by Crippen LogP contribution is -2.40. The van der Waals surface area contributed by atoms with Gasteiger partial charge in [0.15, 0.2) is 0 Å². The van der Waals surface area contributed by atoms with Gasteiger partial charge in [0.2, 0.25) is 10.0 Å². The fraction of sp³-hybridized carbons (Fsp3) is 0.381. The van der Waals surface area contributed by atoms with Gasteiger partial charge in [-0.3, -0.25) is 4.79 Å². The van der Waals surface area contributed by atoms with Crippen LogP contribution in [0, 0.1) is 13.8 Å². The van der Waals surface area contributed by atoms with Crippen molar-refractivity contribution in [3.05, 3.63) is 64.2 Å². The highest BCUT2D eigenvalue weighted by atomic mass is 32.2. The first kappa shape index (κ1) is 20.4. The van der Waals surface area contributed by atoms with E-state index in [4.69, 9.17) is 4.74 Å². The minimum atomic E-state index is -3.45. The summed E-state index contributed by atoms with van der Waals surface area (Å²) in [4.78, 5) is 12.3. The fourth-order valence-corrected chi connectivity index (χ4v) is 4.82. The van der Waals surface area contributed by atoms with E-state index in [2.05, 4.69) is 5.32 Å². The summed E-state index contributed by atoms with van der Waals surface area (Å²) in [6, 6.07) is 11.3. The topological polar surface area (TPSA) is 75.7 Å². The number of amides is 1. The molecule has 2 aromatic rings. The predicted molar refractivity (Wildman–Crippen MR) is 109 cm³/mol.